The number of anilines is 3. The molecule has 0 bridgehead atoms. The summed E-state index contributed by atoms with van der Waals surface area (Å²) in [6, 6.07) is 9.29. The van der Waals surface area contributed by atoms with Gasteiger partial charge in [0.15, 0.2) is 5.82 Å². The van der Waals surface area contributed by atoms with Crippen LogP contribution in [0.5, 0.6) is 0 Å². The first kappa shape index (κ1) is 21.5. The Morgan fingerprint density at radius 3 is 2.62 bits per heavy atom. The molecule has 2 aromatic heterocycles. The number of hydrogen-bond donors (Lipinski definition) is 1. The molecule has 3 fully saturated rings. The van der Waals surface area contributed by atoms with Crippen molar-refractivity contribution in [3.8, 4) is 5.82 Å². The molecule has 34 heavy (non-hydrogen) atoms. The van der Waals surface area contributed by atoms with E-state index in [1.54, 1.807) is 18.1 Å². The average molecular weight is 463 g/mol. The molecule has 1 aromatic carbocycles. The number of ether oxygens (including phenoxy) is 2. The first-order chi connectivity index (χ1) is 16.7. The van der Waals surface area contributed by atoms with Crippen LogP contribution in [0.4, 0.5) is 17.3 Å². The highest BCUT2D eigenvalue weighted by molar-refractivity contribution is 5.65. The van der Waals surface area contributed by atoms with Gasteiger partial charge in [-0.1, -0.05) is 0 Å². The summed E-state index contributed by atoms with van der Waals surface area (Å²) < 4.78 is 12.2. The first-order valence-corrected chi connectivity index (χ1v) is 12.0. The smallest absolute Gasteiger partial charge is 0.247 e. The quantitative estimate of drug-likeness (QED) is 0.541. The number of methoxy groups -OCH3 is 1. The lowest BCUT2D eigenvalue weighted by atomic mass is 10.1. The maximum Gasteiger partial charge on any atom is 0.247 e. The standard InChI is InChI=1S/C24H30N8O2/c1-33-12-20-11-23(26-15-25-20)32-16-27-24(29-32)28-19-8-18(17-2-3-17)9-21(10-19)30-4-6-31(7-5-30)22-13-34-14-22/h8-11,15-17,22H,2-7,12-14H2,1H3,(H,28,29). The minimum absolute atomic E-state index is 0.425. The Kier molecular flexibility index (Phi) is 5.86. The average Bonchev–Trinajstić information content (AvgIpc) is 3.58. The molecule has 1 N–H and O–H groups in total. The summed E-state index contributed by atoms with van der Waals surface area (Å²) in [6.07, 6.45) is 5.71. The lowest BCUT2D eigenvalue weighted by molar-refractivity contribution is -0.0660. The number of rotatable bonds is 8. The van der Waals surface area contributed by atoms with Crippen LogP contribution in [0.15, 0.2) is 36.9 Å². The summed E-state index contributed by atoms with van der Waals surface area (Å²) >= 11 is 0. The summed E-state index contributed by atoms with van der Waals surface area (Å²) in [6.45, 7) is 6.43. The van der Waals surface area contributed by atoms with E-state index in [0.29, 0.717) is 30.3 Å². The van der Waals surface area contributed by atoms with Gasteiger partial charge in [-0.05, 0) is 42.5 Å². The van der Waals surface area contributed by atoms with E-state index in [0.717, 1.165) is 50.8 Å². The molecule has 178 valence electrons. The predicted molar refractivity (Wildman–Crippen MR) is 128 cm³/mol. The second kappa shape index (κ2) is 9.28. The van der Waals surface area contributed by atoms with E-state index in [1.807, 2.05) is 6.07 Å². The third-order valence-electron chi connectivity index (χ3n) is 6.79. The fraction of sp³-hybridized carbons (Fsp3) is 0.500. The van der Waals surface area contributed by atoms with Gasteiger partial charge < -0.3 is 19.7 Å². The monoisotopic (exact) mass is 462 g/mol. The van der Waals surface area contributed by atoms with Gasteiger partial charge in [-0.15, -0.1) is 5.10 Å². The highest BCUT2D eigenvalue weighted by atomic mass is 16.5. The lowest BCUT2D eigenvalue weighted by Gasteiger charge is -2.43. The summed E-state index contributed by atoms with van der Waals surface area (Å²) in [5.41, 5.74) is 4.49. The van der Waals surface area contributed by atoms with Crippen molar-refractivity contribution in [1.82, 2.24) is 29.6 Å². The Bertz CT molecular complexity index is 1140. The van der Waals surface area contributed by atoms with Crippen molar-refractivity contribution in [1.29, 1.82) is 0 Å². The summed E-state index contributed by atoms with van der Waals surface area (Å²) in [5.74, 6) is 1.87. The van der Waals surface area contributed by atoms with Crippen LogP contribution in [-0.2, 0) is 16.1 Å². The van der Waals surface area contributed by atoms with Crippen molar-refractivity contribution in [2.24, 2.45) is 0 Å². The Hall–Kier alpha value is -3.08. The molecule has 1 aliphatic carbocycles. The maximum atomic E-state index is 5.38. The van der Waals surface area contributed by atoms with Crippen molar-refractivity contribution in [3.63, 3.8) is 0 Å². The van der Waals surface area contributed by atoms with Crippen molar-refractivity contribution >= 4 is 17.3 Å². The summed E-state index contributed by atoms with van der Waals surface area (Å²) in [5, 5.41) is 8.00. The first-order valence-electron chi connectivity index (χ1n) is 12.0. The number of nitrogens with one attached hydrogen (secondary N) is 1. The zero-order chi connectivity index (χ0) is 22.9. The molecule has 10 heteroatoms. The van der Waals surface area contributed by atoms with E-state index >= 15 is 0 Å². The van der Waals surface area contributed by atoms with Gasteiger partial charge in [0.2, 0.25) is 5.95 Å². The summed E-state index contributed by atoms with van der Waals surface area (Å²) in [4.78, 5) is 18.0. The lowest BCUT2D eigenvalue weighted by Crippen LogP contribution is -2.56. The fourth-order valence-electron chi connectivity index (χ4n) is 4.62. The van der Waals surface area contributed by atoms with Crippen LogP contribution < -0.4 is 10.2 Å². The molecule has 6 rings (SSSR count). The largest absolute Gasteiger partial charge is 0.378 e. The second-order valence-corrected chi connectivity index (χ2v) is 9.24. The minimum atomic E-state index is 0.425. The Morgan fingerprint density at radius 1 is 1.03 bits per heavy atom. The van der Waals surface area contributed by atoms with E-state index in [1.165, 1.54) is 30.4 Å². The number of piperazine rings is 1. The maximum absolute atomic E-state index is 5.38. The molecule has 0 atom stereocenters. The SMILES string of the molecule is COCc1cc(-n2cnc(Nc3cc(C4CC4)cc(N4CCN(C5COC5)CC4)c3)n2)ncn1. The van der Waals surface area contributed by atoms with Crippen LogP contribution in [0.1, 0.15) is 30.0 Å². The van der Waals surface area contributed by atoms with Crippen molar-refractivity contribution < 1.29 is 9.47 Å². The van der Waals surface area contributed by atoms with Gasteiger partial charge in [0.25, 0.3) is 0 Å². The molecule has 3 aromatic rings. The number of hydrogen-bond acceptors (Lipinski definition) is 9. The van der Waals surface area contributed by atoms with Crippen molar-refractivity contribution in [2.75, 3.05) is 56.7 Å². The fourth-order valence-corrected chi connectivity index (χ4v) is 4.62. The van der Waals surface area contributed by atoms with Gasteiger partial charge in [0, 0.05) is 50.7 Å². The van der Waals surface area contributed by atoms with Gasteiger partial charge in [0.1, 0.15) is 12.7 Å². The van der Waals surface area contributed by atoms with Crippen LogP contribution in [-0.4, -0.2) is 82.2 Å². The molecule has 0 radical (unpaired) electrons. The molecule has 0 amide bonds. The topological polar surface area (TPSA) is 93.5 Å². The van der Waals surface area contributed by atoms with Gasteiger partial charge in [-0.3, -0.25) is 4.90 Å². The molecule has 2 aliphatic heterocycles. The molecule has 1 saturated carbocycles. The van der Waals surface area contributed by atoms with E-state index in [4.69, 9.17) is 9.47 Å². The molecule has 4 heterocycles. The Labute approximate surface area is 198 Å². The molecule has 3 aliphatic rings. The van der Waals surface area contributed by atoms with Gasteiger partial charge in [-0.2, -0.15) is 4.98 Å². The van der Waals surface area contributed by atoms with Crippen LogP contribution in [0.3, 0.4) is 0 Å². The van der Waals surface area contributed by atoms with Crippen LogP contribution in [0.25, 0.3) is 5.82 Å². The van der Waals surface area contributed by atoms with Crippen molar-refractivity contribution in [2.45, 2.75) is 31.4 Å². The molecular formula is C24H30N8O2. The zero-order valence-electron chi connectivity index (χ0n) is 19.4. The minimum Gasteiger partial charge on any atom is -0.378 e. The van der Waals surface area contributed by atoms with E-state index in [2.05, 4.69) is 53.4 Å². The normalized spacial score (nSPS) is 19.3. The number of benzene rings is 1. The van der Waals surface area contributed by atoms with E-state index < -0.39 is 0 Å². The molecular weight excluding hydrogens is 432 g/mol. The van der Waals surface area contributed by atoms with Crippen molar-refractivity contribution in [3.05, 3.63) is 48.2 Å². The highest BCUT2D eigenvalue weighted by Crippen LogP contribution is 2.42. The third kappa shape index (κ3) is 4.61. The molecule has 0 spiro atoms. The van der Waals surface area contributed by atoms with Gasteiger partial charge >= 0.3 is 0 Å². The molecule has 0 unspecified atom stereocenters. The molecule has 2 saturated heterocycles. The number of nitrogens with zero attached hydrogens (tertiary/aromatic N) is 7. The third-order valence-corrected chi connectivity index (χ3v) is 6.79. The van der Waals surface area contributed by atoms with Crippen LogP contribution >= 0.6 is 0 Å². The zero-order valence-corrected chi connectivity index (χ0v) is 19.4. The Balaban J connectivity index is 1.19. The number of aromatic nitrogens is 5. The second-order valence-electron chi connectivity index (χ2n) is 9.24. The van der Waals surface area contributed by atoms with Gasteiger partial charge in [-0.25, -0.2) is 14.6 Å². The van der Waals surface area contributed by atoms with E-state index in [-0.39, 0.29) is 0 Å². The van der Waals surface area contributed by atoms with Crippen LogP contribution in [0.2, 0.25) is 0 Å². The van der Waals surface area contributed by atoms with Gasteiger partial charge in [0.05, 0.1) is 31.6 Å². The predicted octanol–water partition coefficient (Wildman–Crippen LogP) is 2.35. The highest BCUT2D eigenvalue weighted by Gasteiger charge is 2.30. The molecule has 10 nitrogen and oxygen atoms in total. The summed E-state index contributed by atoms with van der Waals surface area (Å²) in [7, 11) is 1.65. The Morgan fingerprint density at radius 2 is 1.88 bits per heavy atom. The van der Waals surface area contributed by atoms with Crippen LogP contribution in [0, 0.1) is 0 Å². The van der Waals surface area contributed by atoms with E-state index in [9.17, 15) is 0 Å².